The van der Waals surface area contributed by atoms with Crippen molar-refractivity contribution in [3.63, 3.8) is 0 Å². The van der Waals surface area contributed by atoms with Crippen LogP contribution in [0.3, 0.4) is 0 Å². The van der Waals surface area contributed by atoms with Gasteiger partial charge in [0.15, 0.2) is 0 Å². The molecule has 1 aromatic carbocycles. The van der Waals surface area contributed by atoms with Crippen molar-refractivity contribution >= 4 is 5.91 Å². The molecule has 1 fully saturated rings. The number of hydrogen-bond acceptors (Lipinski definition) is 4. The van der Waals surface area contributed by atoms with Crippen LogP contribution in [-0.4, -0.2) is 35.4 Å². The van der Waals surface area contributed by atoms with Gasteiger partial charge in [0.05, 0.1) is 11.7 Å². The van der Waals surface area contributed by atoms with Crippen LogP contribution in [0.2, 0.25) is 0 Å². The summed E-state index contributed by atoms with van der Waals surface area (Å²) in [6.07, 6.45) is 6.59. The lowest BCUT2D eigenvalue weighted by molar-refractivity contribution is -0.130. The number of rotatable bonds is 6. The second-order valence-electron chi connectivity index (χ2n) is 6.79. The molecular formula is C21H23N3O3. The highest BCUT2D eigenvalue weighted by atomic mass is 16.5. The zero-order valence-corrected chi connectivity index (χ0v) is 15.1. The van der Waals surface area contributed by atoms with E-state index in [1.54, 1.807) is 17.1 Å². The van der Waals surface area contributed by atoms with Crippen molar-refractivity contribution in [2.24, 2.45) is 0 Å². The maximum absolute atomic E-state index is 13.3. The van der Waals surface area contributed by atoms with Crippen LogP contribution in [-0.2, 0) is 14.9 Å². The van der Waals surface area contributed by atoms with Gasteiger partial charge in [-0.3, -0.25) is 9.48 Å². The first-order valence-electron chi connectivity index (χ1n) is 9.24. The van der Waals surface area contributed by atoms with Gasteiger partial charge in [0.2, 0.25) is 5.91 Å². The van der Waals surface area contributed by atoms with Crippen LogP contribution in [0.25, 0.3) is 0 Å². The molecule has 3 heterocycles. The molecule has 1 aliphatic heterocycles. The van der Waals surface area contributed by atoms with E-state index in [1.165, 1.54) is 0 Å². The Morgan fingerprint density at radius 3 is 2.63 bits per heavy atom. The van der Waals surface area contributed by atoms with Crippen LogP contribution in [0.4, 0.5) is 0 Å². The Labute approximate surface area is 158 Å². The molecule has 0 aliphatic carbocycles. The standard InChI is InChI=1S/C21H23N3O3/c25-20(21(9-14-26-15-10-21)17-6-2-1-3-7-17)22-16-18(19-8-4-13-27-19)24-12-5-11-23-24/h1-8,11-13,18H,9-10,14-16H2,(H,22,25). The maximum Gasteiger partial charge on any atom is 0.230 e. The van der Waals surface area contributed by atoms with Crippen LogP contribution in [0.15, 0.2) is 71.6 Å². The lowest BCUT2D eigenvalue weighted by Gasteiger charge is -2.36. The molecule has 140 valence electrons. The third kappa shape index (κ3) is 3.53. The molecule has 3 aromatic rings. The summed E-state index contributed by atoms with van der Waals surface area (Å²) in [6, 6.07) is 15.4. The largest absolute Gasteiger partial charge is 0.467 e. The molecule has 1 saturated heterocycles. The molecule has 27 heavy (non-hydrogen) atoms. The lowest BCUT2D eigenvalue weighted by Crippen LogP contribution is -2.49. The summed E-state index contributed by atoms with van der Waals surface area (Å²) >= 11 is 0. The minimum absolute atomic E-state index is 0.0284. The summed E-state index contributed by atoms with van der Waals surface area (Å²) in [5.74, 6) is 0.792. The molecule has 0 spiro atoms. The van der Waals surface area contributed by atoms with E-state index in [2.05, 4.69) is 10.4 Å². The summed E-state index contributed by atoms with van der Waals surface area (Å²) in [4.78, 5) is 13.3. The van der Waals surface area contributed by atoms with Crippen LogP contribution >= 0.6 is 0 Å². The third-order valence-corrected chi connectivity index (χ3v) is 5.28. The number of nitrogens with one attached hydrogen (secondary N) is 1. The van der Waals surface area contributed by atoms with Gasteiger partial charge in [0.25, 0.3) is 0 Å². The summed E-state index contributed by atoms with van der Waals surface area (Å²) < 4.78 is 12.9. The number of aromatic nitrogens is 2. The molecule has 2 aromatic heterocycles. The van der Waals surface area contributed by atoms with E-state index in [-0.39, 0.29) is 11.9 Å². The molecule has 0 saturated carbocycles. The zero-order chi connectivity index (χ0) is 18.5. The Balaban J connectivity index is 1.56. The van der Waals surface area contributed by atoms with E-state index in [1.807, 2.05) is 54.7 Å². The predicted molar refractivity (Wildman–Crippen MR) is 100 cm³/mol. The molecule has 1 atom stereocenters. The van der Waals surface area contributed by atoms with Crippen molar-refractivity contribution in [1.82, 2.24) is 15.1 Å². The van der Waals surface area contributed by atoms with E-state index < -0.39 is 5.41 Å². The van der Waals surface area contributed by atoms with Crippen LogP contribution in [0, 0.1) is 0 Å². The first-order chi connectivity index (χ1) is 13.3. The van der Waals surface area contributed by atoms with Crippen molar-refractivity contribution in [3.05, 3.63) is 78.5 Å². The van der Waals surface area contributed by atoms with Crippen molar-refractivity contribution < 1.29 is 13.9 Å². The second kappa shape index (κ2) is 7.80. The highest BCUT2D eigenvalue weighted by molar-refractivity contribution is 5.88. The van der Waals surface area contributed by atoms with Gasteiger partial charge >= 0.3 is 0 Å². The Morgan fingerprint density at radius 1 is 1.15 bits per heavy atom. The minimum atomic E-state index is -0.558. The first kappa shape index (κ1) is 17.5. The van der Waals surface area contributed by atoms with E-state index in [9.17, 15) is 4.79 Å². The fraction of sp³-hybridized carbons (Fsp3) is 0.333. The average molecular weight is 365 g/mol. The highest BCUT2D eigenvalue weighted by Gasteiger charge is 2.41. The Morgan fingerprint density at radius 2 is 1.96 bits per heavy atom. The minimum Gasteiger partial charge on any atom is -0.467 e. The summed E-state index contributed by atoms with van der Waals surface area (Å²) in [5, 5.41) is 7.48. The fourth-order valence-electron chi connectivity index (χ4n) is 3.75. The Hall–Kier alpha value is -2.86. The topological polar surface area (TPSA) is 69.3 Å². The van der Waals surface area contributed by atoms with Crippen molar-refractivity contribution in [3.8, 4) is 0 Å². The number of benzene rings is 1. The molecule has 0 radical (unpaired) electrons. The number of ether oxygens (including phenoxy) is 1. The molecule has 6 heteroatoms. The van der Waals surface area contributed by atoms with Crippen LogP contribution in [0.5, 0.6) is 0 Å². The van der Waals surface area contributed by atoms with Gasteiger partial charge in [0, 0.05) is 32.2 Å². The quantitative estimate of drug-likeness (QED) is 0.729. The fourth-order valence-corrected chi connectivity index (χ4v) is 3.75. The van der Waals surface area contributed by atoms with Crippen molar-refractivity contribution in [2.45, 2.75) is 24.3 Å². The number of nitrogens with zero attached hydrogens (tertiary/aromatic N) is 2. The monoisotopic (exact) mass is 365 g/mol. The van der Waals surface area contributed by atoms with Gasteiger partial charge in [-0.1, -0.05) is 30.3 Å². The normalized spacial score (nSPS) is 17.3. The smallest absolute Gasteiger partial charge is 0.230 e. The molecule has 1 unspecified atom stereocenters. The molecule has 1 aliphatic rings. The molecule has 6 nitrogen and oxygen atoms in total. The maximum atomic E-state index is 13.3. The third-order valence-electron chi connectivity index (χ3n) is 5.28. The van der Waals surface area contributed by atoms with Gasteiger partial charge in [-0.15, -0.1) is 0 Å². The molecule has 4 rings (SSSR count). The Bertz CT molecular complexity index is 804. The number of carbonyl (C=O) groups is 1. The lowest BCUT2D eigenvalue weighted by atomic mass is 9.73. The summed E-state index contributed by atoms with van der Waals surface area (Å²) in [7, 11) is 0. The predicted octanol–water partition coefficient (Wildman–Crippen LogP) is 2.93. The summed E-state index contributed by atoms with van der Waals surface area (Å²) in [6.45, 7) is 1.58. The van der Waals surface area contributed by atoms with E-state index in [0.29, 0.717) is 32.6 Å². The average Bonchev–Trinajstić information content (AvgIpc) is 3.44. The van der Waals surface area contributed by atoms with E-state index >= 15 is 0 Å². The zero-order valence-electron chi connectivity index (χ0n) is 15.1. The van der Waals surface area contributed by atoms with E-state index in [4.69, 9.17) is 9.15 Å². The van der Waals surface area contributed by atoms with Crippen molar-refractivity contribution in [1.29, 1.82) is 0 Å². The van der Waals surface area contributed by atoms with Gasteiger partial charge in [-0.05, 0) is 36.6 Å². The molecule has 1 N–H and O–H groups in total. The van der Waals surface area contributed by atoms with Crippen LogP contribution in [0.1, 0.15) is 30.2 Å². The Kier molecular flexibility index (Phi) is 5.07. The van der Waals surface area contributed by atoms with Crippen LogP contribution < -0.4 is 5.32 Å². The first-order valence-corrected chi connectivity index (χ1v) is 9.24. The second-order valence-corrected chi connectivity index (χ2v) is 6.79. The molecular weight excluding hydrogens is 342 g/mol. The van der Waals surface area contributed by atoms with Crippen molar-refractivity contribution in [2.75, 3.05) is 19.8 Å². The number of hydrogen-bond donors (Lipinski definition) is 1. The van der Waals surface area contributed by atoms with Gasteiger partial charge in [-0.2, -0.15) is 5.10 Å². The number of furan rings is 1. The van der Waals surface area contributed by atoms with E-state index in [0.717, 1.165) is 11.3 Å². The summed E-state index contributed by atoms with van der Waals surface area (Å²) in [5.41, 5.74) is 0.483. The SMILES string of the molecule is O=C(NCC(c1ccco1)n1cccn1)C1(c2ccccc2)CCOCC1. The van der Waals surface area contributed by atoms with Gasteiger partial charge < -0.3 is 14.5 Å². The van der Waals surface area contributed by atoms with Gasteiger partial charge in [-0.25, -0.2) is 0 Å². The molecule has 0 bridgehead atoms. The molecule has 1 amide bonds. The number of amides is 1. The van der Waals surface area contributed by atoms with Gasteiger partial charge in [0.1, 0.15) is 11.8 Å². The highest BCUT2D eigenvalue weighted by Crippen LogP contribution is 2.35. The number of carbonyl (C=O) groups excluding carboxylic acids is 1.